The summed E-state index contributed by atoms with van der Waals surface area (Å²) in [5.41, 5.74) is 0. The first-order chi connectivity index (χ1) is 10.4. The third kappa shape index (κ3) is 22.7. The summed E-state index contributed by atoms with van der Waals surface area (Å²) in [7, 11) is 0. The molecule has 0 aliphatic heterocycles. The van der Waals surface area contributed by atoms with E-state index in [1.807, 2.05) is 0 Å². The Morgan fingerprint density at radius 1 is 0.478 bits per heavy atom. The smallest absolute Gasteiger partial charge is 0.657 e. The van der Waals surface area contributed by atoms with Crippen molar-refractivity contribution in [2.75, 3.05) is 0 Å². The molecule has 4 atom stereocenters. The quantitative estimate of drug-likeness (QED) is 0.340. The monoisotopic (exact) mass is 336 g/mol. The summed E-state index contributed by atoms with van der Waals surface area (Å²) >= 11 is 0. The summed E-state index contributed by atoms with van der Waals surface area (Å²) in [4.78, 5) is 0. The SMILES string of the molecule is CCCC(C)[N-]C(C)CCC.CCCC(C)[N-]C(C)CCC.[Mg+2]. The van der Waals surface area contributed by atoms with Crippen LogP contribution in [0, 0.1) is 0 Å². The predicted molar refractivity (Wildman–Crippen MR) is 110 cm³/mol. The van der Waals surface area contributed by atoms with Gasteiger partial charge in [0.05, 0.1) is 0 Å². The van der Waals surface area contributed by atoms with E-state index in [1.165, 1.54) is 51.4 Å². The van der Waals surface area contributed by atoms with Crippen LogP contribution in [-0.4, -0.2) is 47.2 Å². The van der Waals surface area contributed by atoms with E-state index in [2.05, 4.69) is 66.0 Å². The van der Waals surface area contributed by atoms with Crippen LogP contribution in [0.15, 0.2) is 0 Å². The van der Waals surface area contributed by atoms with Gasteiger partial charge in [0.2, 0.25) is 0 Å². The summed E-state index contributed by atoms with van der Waals surface area (Å²) < 4.78 is 0. The van der Waals surface area contributed by atoms with Gasteiger partial charge in [0.1, 0.15) is 0 Å². The summed E-state index contributed by atoms with van der Waals surface area (Å²) in [6.07, 6.45) is 9.99. The van der Waals surface area contributed by atoms with E-state index in [0.717, 1.165) is 0 Å². The van der Waals surface area contributed by atoms with Crippen molar-refractivity contribution in [2.45, 2.75) is 131 Å². The zero-order chi connectivity index (χ0) is 17.4. The molecule has 0 aliphatic rings. The van der Waals surface area contributed by atoms with E-state index in [9.17, 15) is 0 Å². The van der Waals surface area contributed by atoms with Gasteiger partial charge in [0.15, 0.2) is 0 Å². The van der Waals surface area contributed by atoms with Crippen molar-refractivity contribution in [2.24, 2.45) is 0 Å². The first-order valence-corrected chi connectivity index (χ1v) is 9.80. The molecule has 0 spiro atoms. The van der Waals surface area contributed by atoms with Gasteiger partial charge in [-0.05, 0) is 0 Å². The van der Waals surface area contributed by atoms with Crippen LogP contribution in [0.5, 0.6) is 0 Å². The number of hydrogen-bond donors (Lipinski definition) is 0. The Bertz CT molecular complexity index is 170. The second kappa shape index (κ2) is 20.7. The van der Waals surface area contributed by atoms with E-state index in [4.69, 9.17) is 0 Å². The third-order valence-corrected chi connectivity index (χ3v) is 3.84. The summed E-state index contributed by atoms with van der Waals surface area (Å²) in [6.45, 7) is 17.7. The number of nitrogens with zero attached hydrogens (tertiary/aromatic N) is 2. The van der Waals surface area contributed by atoms with Crippen molar-refractivity contribution in [3.05, 3.63) is 10.6 Å². The Kier molecular flexibility index (Phi) is 25.7. The molecule has 0 amide bonds. The van der Waals surface area contributed by atoms with Crippen LogP contribution in [-0.2, 0) is 0 Å². The Morgan fingerprint density at radius 2 is 0.652 bits per heavy atom. The molecule has 3 heteroatoms. The van der Waals surface area contributed by atoms with Gasteiger partial charge in [0, 0.05) is 0 Å². The normalized spacial score (nSPS) is 15.7. The van der Waals surface area contributed by atoms with Gasteiger partial charge >= 0.3 is 23.1 Å². The Morgan fingerprint density at radius 3 is 0.783 bits per heavy atom. The predicted octanol–water partition coefficient (Wildman–Crippen LogP) is 7.09. The topological polar surface area (TPSA) is 28.2 Å². The molecule has 0 N–H and O–H groups in total. The van der Waals surface area contributed by atoms with Gasteiger partial charge in [-0.3, -0.25) is 0 Å². The van der Waals surface area contributed by atoms with Gasteiger partial charge in [-0.1, -0.05) is 107 Å². The van der Waals surface area contributed by atoms with Crippen molar-refractivity contribution in [3.8, 4) is 0 Å². The first-order valence-electron chi connectivity index (χ1n) is 9.80. The molecule has 0 saturated carbocycles. The summed E-state index contributed by atoms with van der Waals surface area (Å²) in [5, 5.41) is 9.31. The second-order valence-corrected chi connectivity index (χ2v) is 6.85. The molecule has 4 unspecified atom stereocenters. The summed E-state index contributed by atoms with van der Waals surface area (Å²) in [6, 6.07) is 2.28. The van der Waals surface area contributed by atoms with Crippen LogP contribution in [0.2, 0.25) is 0 Å². The average molecular weight is 337 g/mol. The van der Waals surface area contributed by atoms with Gasteiger partial charge in [0.25, 0.3) is 0 Å². The molecule has 0 saturated heterocycles. The maximum Gasteiger partial charge on any atom is 2.00 e. The minimum Gasteiger partial charge on any atom is -0.657 e. The van der Waals surface area contributed by atoms with Crippen molar-refractivity contribution in [3.63, 3.8) is 0 Å². The molecule has 0 bridgehead atoms. The molecular formula is C20H44MgN2. The fourth-order valence-corrected chi connectivity index (χ4v) is 2.84. The van der Waals surface area contributed by atoms with Crippen molar-refractivity contribution in [1.29, 1.82) is 0 Å². The van der Waals surface area contributed by atoms with Crippen LogP contribution in [0.25, 0.3) is 10.6 Å². The maximum absolute atomic E-state index is 4.66. The fourth-order valence-electron chi connectivity index (χ4n) is 2.84. The summed E-state index contributed by atoms with van der Waals surface area (Å²) in [5.74, 6) is 0. The van der Waals surface area contributed by atoms with E-state index in [-0.39, 0.29) is 23.1 Å². The van der Waals surface area contributed by atoms with Crippen molar-refractivity contribution >= 4 is 23.1 Å². The molecule has 0 radical (unpaired) electrons. The minimum absolute atomic E-state index is 0. The van der Waals surface area contributed by atoms with Crippen LogP contribution in [0.3, 0.4) is 0 Å². The van der Waals surface area contributed by atoms with Crippen LogP contribution >= 0.6 is 0 Å². The Labute approximate surface area is 164 Å². The van der Waals surface area contributed by atoms with Crippen LogP contribution in [0.4, 0.5) is 0 Å². The van der Waals surface area contributed by atoms with E-state index < -0.39 is 0 Å². The number of rotatable bonds is 12. The van der Waals surface area contributed by atoms with Crippen LogP contribution in [0.1, 0.15) is 107 Å². The minimum atomic E-state index is 0. The Balaban J connectivity index is -0.000000333. The van der Waals surface area contributed by atoms with Gasteiger partial charge < -0.3 is 10.6 Å². The van der Waals surface area contributed by atoms with E-state index in [0.29, 0.717) is 24.2 Å². The van der Waals surface area contributed by atoms with Gasteiger partial charge in [-0.15, -0.1) is 24.2 Å². The second-order valence-electron chi connectivity index (χ2n) is 6.85. The van der Waals surface area contributed by atoms with E-state index >= 15 is 0 Å². The molecule has 0 fully saturated rings. The molecular weight excluding hydrogens is 293 g/mol. The molecule has 2 nitrogen and oxygen atoms in total. The van der Waals surface area contributed by atoms with Crippen molar-refractivity contribution in [1.82, 2.24) is 0 Å². The molecule has 0 aromatic carbocycles. The maximum atomic E-state index is 4.66. The molecule has 136 valence electrons. The molecule has 23 heavy (non-hydrogen) atoms. The Hall–Kier alpha value is 0.686. The fraction of sp³-hybridized carbons (Fsp3) is 1.00. The standard InChI is InChI=1S/2C10H22N.Mg/c2*1-5-7-9(3)11-10(4)8-6-2;/h2*9-10H,5-8H2,1-4H3;/q2*-1;+2. The zero-order valence-electron chi connectivity index (χ0n) is 17.6. The number of hydrogen-bond acceptors (Lipinski definition) is 0. The molecule has 0 heterocycles. The largest absolute Gasteiger partial charge is 2.00 e. The molecule has 0 aromatic heterocycles. The van der Waals surface area contributed by atoms with Gasteiger partial charge in [-0.25, -0.2) is 0 Å². The molecule has 0 aliphatic carbocycles. The van der Waals surface area contributed by atoms with Crippen LogP contribution < -0.4 is 0 Å². The molecule has 0 aromatic rings. The third-order valence-electron chi connectivity index (χ3n) is 3.84. The first kappa shape index (κ1) is 28.5. The van der Waals surface area contributed by atoms with E-state index in [1.54, 1.807) is 0 Å². The van der Waals surface area contributed by atoms with Gasteiger partial charge in [-0.2, -0.15) is 0 Å². The molecule has 0 rings (SSSR count). The average Bonchev–Trinajstić information content (AvgIpc) is 2.40. The van der Waals surface area contributed by atoms with Crippen molar-refractivity contribution < 1.29 is 0 Å². The zero-order valence-corrected chi connectivity index (χ0v) is 19.0.